The summed E-state index contributed by atoms with van der Waals surface area (Å²) in [7, 11) is 0. The fourth-order valence-corrected chi connectivity index (χ4v) is 1.95. The van der Waals surface area contributed by atoms with E-state index in [1.54, 1.807) is 29.9 Å². The number of carbonyl (C=O) groups is 1. The van der Waals surface area contributed by atoms with E-state index in [9.17, 15) is 9.90 Å². The standard InChI is InChI=1S/C16H20ClN3O2/c1-11(2)16(3,22)10-18-15(21)12-8-19-20(9-12)14-6-4-5-13(17)7-14/h4-9,11,22H,10H2,1-3H3,(H,18,21). The molecule has 1 heterocycles. The number of amides is 1. The molecule has 0 aliphatic carbocycles. The SMILES string of the molecule is CC(C)C(C)(O)CNC(=O)c1cnn(-c2cccc(Cl)c2)c1. The monoisotopic (exact) mass is 321 g/mol. The molecule has 0 radical (unpaired) electrons. The second-order valence-electron chi connectivity index (χ2n) is 5.85. The van der Waals surface area contributed by atoms with E-state index in [1.807, 2.05) is 26.0 Å². The van der Waals surface area contributed by atoms with Crippen molar-refractivity contribution < 1.29 is 9.90 Å². The van der Waals surface area contributed by atoms with Gasteiger partial charge >= 0.3 is 0 Å². The van der Waals surface area contributed by atoms with Crippen LogP contribution in [0.15, 0.2) is 36.7 Å². The van der Waals surface area contributed by atoms with Gasteiger partial charge in [-0.15, -0.1) is 0 Å². The van der Waals surface area contributed by atoms with Crippen LogP contribution in [0.25, 0.3) is 5.69 Å². The predicted molar refractivity (Wildman–Crippen MR) is 86.4 cm³/mol. The maximum Gasteiger partial charge on any atom is 0.254 e. The number of benzene rings is 1. The molecule has 0 saturated carbocycles. The van der Waals surface area contributed by atoms with Gasteiger partial charge in [-0.25, -0.2) is 4.68 Å². The molecule has 0 bridgehead atoms. The first-order chi connectivity index (χ1) is 10.3. The van der Waals surface area contributed by atoms with Crippen LogP contribution in [0.2, 0.25) is 5.02 Å². The zero-order chi connectivity index (χ0) is 16.3. The van der Waals surface area contributed by atoms with E-state index in [0.717, 1.165) is 5.69 Å². The zero-order valence-electron chi connectivity index (χ0n) is 12.9. The van der Waals surface area contributed by atoms with Crippen LogP contribution >= 0.6 is 11.6 Å². The topological polar surface area (TPSA) is 67.2 Å². The first-order valence-corrected chi connectivity index (χ1v) is 7.48. The first-order valence-electron chi connectivity index (χ1n) is 7.11. The Bertz CT molecular complexity index is 665. The maximum absolute atomic E-state index is 12.1. The fraction of sp³-hybridized carbons (Fsp3) is 0.375. The van der Waals surface area contributed by atoms with Gasteiger partial charge in [0.05, 0.1) is 23.0 Å². The molecule has 2 rings (SSSR count). The highest BCUT2D eigenvalue weighted by Crippen LogP contribution is 2.16. The summed E-state index contributed by atoms with van der Waals surface area (Å²) in [4.78, 5) is 12.1. The van der Waals surface area contributed by atoms with Crippen molar-refractivity contribution in [1.82, 2.24) is 15.1 Å². The number of halogens is 1. The highest BCUT2D eigenvalue weighted by Gasteiger charge is 2.25. The molecule has 1 unspecified atom stereocenters. The molecular weight excluding hydrogens is 302 g/mol. The van der Waals surface area contributed by atoms with Crippen LogP contribution in [0, 0.1) is 5.92 Å². The molecule has 1 aromatic carbocycles. The largest absolute Gasteiger partial charge is 0.388 e. The smallest absolute Gasteiger partial charge is 0.254 e. The lowest BCUT2D eigenvalue weighted by Crippen LogP contribution is -2.44. The van der Waals surface area contributed by atoms with Gasteiger partial charge in [-0.05, 0) is 31.0 Å². The minimum atomic E-state index is -0.946. The van der Waals surface area contributed by atoms with E-state index in [0.29, 0.717) is 10.6 Å². The number of hydrogen-bond acceptors (Lipinski definition) is 3. The third kappa shape index (κ3) is 3.87. The van der Waals surface area contributed by atoms with Crippen LogP contribution < -0.4 is 5.32 Å². The normalized spacial score (nSPS) is 13.9. The van der Waals surface area contributed by atoms with Crippen LogP contribution in [-0.2, 0) is 0 Å². The highest BCUT2D eigenvalue weighted by atomic mass is 35.5. The molecule has 6 heteroatoms. The van der Waals surface area contributed by atoms with E-state index < -0.39 is 5.60 Å². The maximum atomic E-state index is 12.1. The van der Waals surface area contributed by atoms with Crippen LogP contribution in [0.5, 0.6) is 0 Å². The molecule has 0 spiro atoms. The number of nitrogens with one attached hydrogen (secondary N) is 1. The van der Waals surface area contributed by atoms with Crippen LogP contribution in [0.4, 0.5) is 0 Å². The van der Waals surface area contributed by atoms with Crippen LogP contribution in [0.1, 0.15) is 31.1 Å². The lowest BCUT2D eigenvalue weighted by molar-refractivity contribution is 0.0142. The van der Waals surface area contributed by atoms with Crippen molar-refractivity contribution in [3.8, 4) is 5.69 Å². The Morgan fingerprint density at radius 3 is 2.86 bits per heavy atom. The molecule has 2 aromatic rings. The minimum Gasteiger partial charge on any atom is -0.388 e. The number of aliphatic hydroxyl groups is 1. The molecule has 2 N–H and O–H groups in total. The van der Waals surface area contributed by atoms with Gasteiger partial charge < -0.3 is 10.4 Å². The number of carbonyl (C=O) groups excluding carboxylic acids is 1. The zero-order valence-corrected chi connectivity index (χ0v) is 13.6. The van der Waals surface area contributed by atoms with E-state index in [1.165, 1.54) is 6.20 Å². The van der Waals surface area contributed by atoms with Gasteiger partial charge in [-0.3, -0.25) is 4.79 Å². The molecule has 1 aromatic heterocycles. The van der Waals surface area contributed by atoms with Gasteiger partial charge in [0.1, 0.15) is 0 Å². The Morgan fingerprint density at radius 2 is 2.23 bits per heavy atom. The Morgan fingerprint density at radius 1 is 1.50 bits per heavy atom. The second kappa shape index (κ2) is 6.50. The van der Waals surface area contributed by atoms with Crippen molar-refractivity contribution in [2.75, 3.05) is 6.54 Å². The van der Waals surface area contributed by atoms with Gasteiger partial charge in [-0.1, -0.05) is 31.5 Å². The third-order valence-electron chi connectivity index (χ3n) is 3.77. The molecule has 22 heavy (non-hydrogen) atoms. The van der Waals surface area contributed by atoms with Crippen molar-refractivity contribution >= 4 is 17.5 Å². The summed E-state index contributed by atoms with van der Waals surface area (Å²) >= 11 is 5.95. The quantitative estimate of drug-likeness (QED) is 0.889. The van der Waals surface area contributed by atoms with E-state index in [2.05, 4.69) is 10.4 Å². The molecule has 0 saturated heterocycles. The summed E-state index contributed by atoms with van der Waals surface area (Å²) in [5.74, 6) is -0.226. The molecule has 1 amide bonds. The van der Waals surface area contributed by atoms with Crippen LogP contribution in [0.3, 0.4) is 0 Å². The van der Waals surface area contributed by atoms with Crippen molar-refractivity contribution in [1.29, 1.82) is 0 Å². The molecule has 0 fully saturated rings. The van der Waals surface area contributed by atoms with E-state index >= 15 is 0 Å². The molecule has 1 atom stereocenters. The third-order valence-corrected chi connectivity index (χ3v) is 4.00. The van der Waals surface area contributed by atoms with Gasteiger partial charge in [0.2, 0.25) is 0 Å². The molecular formula is C16H20ClN3O2. The summed E-state index contributed by atoms with van der Waals surface area (Å²) < 4.78 is 1.58. The highest BCUT2D eigenvalue weighted by molar-refractivity contribution is 6.30. The van der Waals surface area contributed by atoms with Gasteiger partial charge in [0.15, 0.2) is 0 Å². The Hall–Kier alpha value is -1.85. The molecule has 0 aliphatic heterocycles. The average molecular weight is 322 g/mol. The number of rotatable bonds is 5. The van der Waals surface area contributed by atoms with Crippen molar-refractivity contribution in [3.63, 3.8) is 0 Å². The first kappa shape index (κ1) is 16.5. The van der Waals surface area contributed by atoms with Crippen LogP contribution in [-0.4, -0.2) is 32.9 Å². The average Bonchev–Trinajstić information content (AvgIpc) is 2.94. The van der Waals surface area contributed by atoms with Gasteiger partial charge in [0.25, 0.3) is 5.91 Å². The summed E-state index contributed by atoms with van der Waals surface area (Å²) in [5.41, 5.74) is 0.263. The summed E-state index contributed by atoms with van der Waals surface area (Å²) in [5, 5.41) is 17.6. The number of nitrogens with zero attached hydrogens (tertiary/aromatic N) is 2. The lowest BCUT2D eigenvalue weighted by Gasteiger charge is -2.27. The van der Waals surface area contributed by atoms with Crippen molar-refractivity contribution in [2.45, 2.75) is 26.4 Å². The Kier molecular flexibility index (Phi) is 4.88. The van der Waals surface area contributed by atoms with E-state index in [4.69, 9.17) is 11.6 Å². The van der Waals surface area contributed by atoms with Gasteiger partial charge in [-0.2, -0.15) is 5.10 Å². The van der Waals surface area contributed by atoms with Gasteiger partial charge in [0, 0.05) is 17.8 Å². The second-order valence-corrected chi connectivity index (χ2v) is 6.28. The minimum absolute atomic E-state index is 0.0435. The predicted octanol–water partition coefficient (Wildman–Crippen LogP) is 2.66. The fourth-order valence-electron chi connectivity index (χ4n) is 1.77. The van der Waals surface area contributed by atoms with E-state index in [-0.39, 0.29) is 18.4 Å². The number of aromatic nitrogens is 2. The lowest BCUT2D eigenvalue weighted by atomic mass is 9.92. The van der Waals surface area contributed by atoms with Crippen molar-refractivity contribution in [2.24, 2.45) is 5.92 Å². The van der Waals surface area contributed by atoms with Crippen molar-refractivity contribution in [3.05, 3.63) is 47.2 Å². The Labute approximate surface area is 134 Å². The summed E-state index contributed by atoms with van der Waals surface area (Å²) in [6.45, 7) is 5.70. The molecule has 0 aliphatic rings. The molecule has 118 valence electrons. The summed E-state index contributed by atoms with van der Waals surface area (Å²) in [6, 6.07) is 7.21. The number of hydrogen-bond donors (Lipinski definition) is 2. The molecule has 5 nitrogen and oxygen atoms in total. The summed E-state index contributed by atoms with van der Waals surface area (Å²) in [6.07, 6.45) is 3.12. The Balaban J connectivity index is 2.07.